The van der Waals surface area contributed by atoms with Gasteiger partial charge in [-0.05, 0) is 13.0 Å². The molecule has 0 saturated carbocycles. The third kappa shape index (κ3) is 11.0. The van der Waals surface area contributed by atoms with Crippen LogP contribution in [0.1, 0.15) is 13.8 Å². The first-order valence-electron chi connectivity index (χ1n) is 4.15. The second-order valence-electron chi connectivity index (χ2n) is 2.22. The first kappa shape index (κ1) is 15.4. The maximum atomic E-state index is 10.6. The maximum Gasteiger partial charge on any atom is 0.0440 e. The fourth-order valence-electron chi connectivity index (χ4n) is 0.390. The van der Waals surface area contributed by atoms with Crippen LogP contribution in [0, 0.1) is 5.41 Å². The van der Waals surface area contributed by atoms with Gasteiger partial charge in [0.15, 0.2) is 0 Å². The van der Waals surface area contributed by atoms with Gasteiger partial charge in [0.1, 0.15) is 0 Å². The molecule has 4 heteroatoms. The molecule has 0 heterocycles. The number of rotatable bonds is 4. The molecule has 14 heavy (non-hydrogen) atoms. The van der Waals surface area contributed by atoms with Crippen molar-refractivity contribution in [2.75, 3.05) is 5.75 Å². The van der Waals surface area contributed by atoms with E-state index in [0.29, 0.717) is 29.2 Å². The number of hydrogen-bond donors (Lipinski definition) is 2. The Hall–Kier alpha value is -1.03. The fraction of sp³-hybridized carbons (Fsp3) is 0.300. The second kappa shape index (κ2) is 12.0. The highest BCUT2D eigenvalue weighted by molar-refractivity contribution is 7.94. The molecule has 0 aliphatic carbocycles. The predicted molar refractivity (Wildman–Crippen MR) is 64.2 cm³/mol. The molecular weight excluding hydrogens is 199 g/mol. The molecule has 80 valence electrons. The van der Waals surface area contributed by atoms with Gasteiger partial charge in [-0.25, -0.2) is 0 Å². The molecule has 0 rings (SSSR count). The van der Waals surface area contributed by atoms with E-state index in [1.54, 1.807) is 13.0 Å². The van der Waals surface area contributed by atoms with Crippen molar-refractivity contribution in [3.8, 4) is 0 Å². The summed E-state index contributed by atoms with van der Waals surface area (Å²) < 4.78 is 10.6. The lowest BCUT2D eigenvalue weighted by Gasteiger charge is -1.94. The summed E-state index contributed by atoms with van der Waals surface area (Å²) in [6.07, 6.45) is 6.52. The van der Waals surface area contributed by atoms with E-state index in [1.807, 2.05) is 19.1 Å². The molecule has 0 fully saturated rings. The lowest BCUT2D eigenvalue weighted by Crippen LogP contribution is -1.99. The summed E-state index contributed by atoms with van der Waals surface area (Å²) in [5, 5.41) is 6.81. The lowest BCUT2D eigenvalue weighted by atomic mass is 10.2. The molecule has 0 amide bonds. The summed E-state index contributed by atoms with van der Waals surface area (Å²) in [6, 6.07) is 0. The van der Waals surface area contributed by atoms with Crippen molar-refractivity contribution in [3.05, 3.63) is 36.1 Å². The summed E-state index contributed by atoms with van der Waals surface area (Å²) >= 11 is 0.356. The molecule has 0 atom stereocenters. The van der Waals surface area contributed by atoms with Gasteiger partial charge in [0.05, 0.1) is 0 Å². The summed E-state index contributed by atoms with van der Waals surface area (Å²) in [5.41, 5.74) is 6.55. The van der Waals surface area contributed by atoms with Crippen molar-refractivity contribution in [2.24, 2.45) is 5.73 Å². The van der Waals surface area contributed by atoms with Crippen molar-refractivity contribution >= 4 is 18.4 Å². The zero-order valence-electron chi connectivity index (χ0n) is 8.59. The van der Waals surface area contributed by atoms with E-state index in [1.165, 1.54) is 0 Å². The van der Waals surface area contributed by atoms with Crippen molar-refractivity contribution in [3.63, 3.8) is 0 Å². The van der Waals surface area contributed by atoms with E-state index in [2.05, 4.69) is 6.58 Å². The number of nitrogens with one attached hydrogen (secondary N) is 1. The van der Waals surface area contributed by atoms with Crippen LogP contribution in [0.4, 0.5) is 3.89 Å². The fourth-order valence-corrected chi connectivity index (χ4v) is 0.390. The molecule has 3 N–H and O–H groups in total. The minimum absolute atomic E-state index is 0.356. The SMILES string of the molecule is C=C(C=N)/C(N)=C\C=C/C.CCSF. The smallest absolute Gasteiger partial charge is 0.0440 e. The minimum atomic E-state index is 0.356. The standard InChI is InChI=1S/C8H12N2.C2H5FS/c1-3-4-5-8(10)7(2)6-9;1-2-4-3/h3-6,9H,2,10H2,1H3;2H2,1H3/b4-3-,8-5+,9-6?;. The van der Waals surface area contributed by atoms with E-state index >= 15 is 0 Å². The van der Waals surface area contributed by atoms with Crippen molar-refractivity contribution in [1.82, 2.24) is 0 Å². The number of allylic oxidation sites excluding steroid dienone is 4. The molecule has 0 radical (unpaired) electrons. The van der Waals surface area contributed by atoms with Crippen LogP contribution in [-0.2, 0) is 0 Å². The second-order valence-corrected chi connectivity index (χ2v) is 3.01. The summed E-state index contributed by atoms with van der Waals surface area (Å²) in [5.74, 6) is 0.569. The van der Waals surface area contributed by atoms with Gasteiger partial charge in [0, 0.05) is 35.4 Å². The molecule has 0 aromatic carbocycles. The highest BCUT2D eigenvalue weighted by Gasteiger charge is 1.88. The van der Waals surface area contributed by atoms with Crippen LogP contribution in [0.2, 0.25) is 0 Å². The largest absolute Gasteiger partial charge is 0.398 e. The molecule has 0 aromatic heterocycles. The van der Waals surface area contributed by atoms with Gasteiger partial charge in [-0.1, -0.05) is 25.7 Å². The van der Waals surface area contributed by atoms with Gasteiger partial charge in [0.25, 0.3) is 0 Å². The van der Waals surface area contributed by atoms with Crippen molar-refractivity contribution < 1.29 is 3.89 Å². The summed E-state index contributed by atoms with van der Waals surface area (Å²) in [6.45, 7) is 7.22. The molecule has 0 spiro atoms. The van der Waals surface area contributed by atoms with Crippen LogP contribution in [0.25, 0.3) is 0 Å². The Bertz CT molecular complexity index is 220. The monoisotopic (exact) mass is 216 g/mol. The normalized spacial score (nSPS) is 10.6. The first-order valence-corrected chi connectivity index (χ1v) is 5.04. The molecule has 0 bridgehead atoms. The molecule has 0 aliphatic rings. The number of halogens is 1. The van der Waals surface area contributed by atoms with Crippen LogP contribution < -0.4 is 5.73 Å². The highest BCUT2D eigenvalue weighted by atomic mass is 32.2. The summed E-state index contributed by atoms with van der Waals surface area (Å²) in [7, 11) is 0. The van der Waals surface area contributed by atoms with Gasteiger partial charge < -0.3 is 11.1 Å². The Morgan fingerprint density at radius 3 is 2.43 bits per heavy atom. The van der Waals surface area contributed by atoms with E-state index < -0.39 is 0 Å². The average Bonchev–Trinajstić information content (AvgIpc) is 2.24. The van der Waals surface area contributed by atoms with E-state index in [0.717, 1.165) is 6.21 Å². The Morgan fingerprint density at radius 1 is 1.64 bits per heavy atom. The van der Waals surface area contributed by atoms with Crippen LogP contribution in [0.5, 0.6) is 0 Å². The predicted octanol–water partition coefficient (Wildman–Crippen LogP) is 3.23. The Kier molecular flexibility index (Phi) is 13.2. The Morgan fingerprint density at radius 2 is 2.14 bits per heavy atom. The highest BCUT2D eigenvalue weighted by Crippen LogP contribution is 1.96. The maximum absolute atomic E-state index is 10.6. The van der Waals surface area contributed by atoms with Crippen molar-refractivity contribution in [1.29, 1.82) is 5.41 Å². The van der Waals surface area contributed by atoms with Crippen LogP contribution in [0.15, 0.2) is 36.1 Å². The lowest BCUT2D eigenvalue weighted by molar-refractivity contribution is 0.936. The molecule has 0 saturated heterocycles. The Labute approximate surface area is 89.6 Å². The van der Waals surface area contributed by atoms with Gasteiger partial charge in [-0.3, -0.25) is 0 Å². The van der Waals surface area contributed by atoms with Crippen LogP contribution in [-0.4, -0.2) is 12.0 Å². The van der Waals surface area contributed by atoms with E-state index in [9.17, 15) is 3.89 Å². The zero-order chi connectivity index (χ0) is 11.4. The first-order chi connectivity index (χ1) is 6.63. The molecule has 2 nitrogen and oxygen atoms in total. The quantitative estimate of drug-likeness (QED) is 0.560. The van der Waals surface area contributed by atoms with Crippen LogP contribution >= 0.6 is 12.1 Å². The zero-order valence-corrected chi connectivity index (χ0v) is 9.40. The number of hydrogen-bond acceptors (Lipinski definition) is 3. The topological polar surface area (TPSA) is 49.9 Å². The van der Waals surface area contributed by atoms with Gasteiger partial charge in [-0.2, -0.15) is 3.89 Å². The van der Waals surface area contributed by atoms with Gasteiger partial charge in [-0.15, -0.1) is 0 Å². The van der Waals surface area contributed by atoms with Gasteiger partial charge >= 0.3 is 0 Å². The number of nitrogens with two attached hydrogens (primary N) is 1. The molecule has 0 aliphatic heterocycles. The molecule has 0 unspecified atom stereocenters. The minimum Gasteiger partial charge on any atom is -0.398 e. The third-order valence-electron chi connectivity index (χ3n) is 1.12. The summed E-state index contributed by atoms with van der Waals surface area (Å²) in [4.78, 5) is 0. The third-order valence-corrected chi connectivity index (χ3v) is 1.34. The molecule has 0 aromatic rings. The van der Waals surface area contributed by atoms with Gasteiger partial charge in [0.2, 0.25) is 0 Å². The van der Waals surface area contributed by atoms with Crippen molar-refractivity contribution in [2.45, 2.75) is 13.8 Å². The Balaban J connectivity index is 0. The van der Waals surface area contributed by atoms with E-state index in [-0.39, 0.29) is 0 Å². The van der Waals surface area contributed by atoms with Crippen LogP contribution in [0.3, 0.4) is 0 Å². The average molecular weight is 216 g/mol. The van der Waals surface area contributed by atoms with E-state index in [4.69, 9.17) is 11.1 Å². The molecular formula is C10H17FN2S.